The van der Waals surface area contributed by atoms with Gasteiger partial charge in [0.2, 0.25) is 11.8 Å². The molecule has 0 saturated heterocycles. The molecule has 11 heteroatoms. The van der Waals surface area contributed by atoms with Gasteiger partial charge >= 0.3 is 0 Å². The molecule has 0 bridgehead atoms. The maximum absolute atomic E-state index is 12.4. The Kier molecular flexibility index (Phi) is 9.18. The van der Waals surface area contributed by atoms with Crippen LogP contribution in [0.5, 0.6) is 5.88 Å². The van der Waals surface area contributed by atoms with Crippen molar-refractivity contribution >= 4 is 34.1 Å². The maximum Gasteiger partial charge on any atom is 0.247 e. The minimum absolute atomic E-state index is 0.109. The number of carbonyl (C=O) groups is 1. The van der Waals surface area contributed by atoms with E-state index >= 15 is 0 Å². The summed E-state index contributed by atoms with van der Waals surface area (Å²) in [5.74, 6) is 2.83. The zero-order valence-electron chi connectivity index (χ0n) is 24.9. The van der Waals surface area contributed by atoms with Crippen LogP contribution in [0.3, 0.4) is 0 Å². The number of ether oxygens (including phenoxy) is 1. The molecule has 0 unspecified atom stereocenters. The number of nitrogens with one attached hydrogen (secondary N) is 1. The lowest BCUT2D eigenvalue weighted by Gasteiger charge is -2.25. The summed E-state index contributed by atoms with van der Waals surface area (Å²) in [6.45, 7) is 9.03. The monoisotopic (exact) mass is 557 g/mol. The predicted octanol–water partition coefficient (Wildman–Crippen LogP) is 3.78. The van der Waals surface area contributed by atoms with Gasteiger partial charge in [-0.25, -0.2) is 14.6 Å². The SMILES string of the molecule is C=CC(=O)Nc1cc(Cc2nccc(-n3nc(N(C)C)c4ccccc43)n2)c(OC(C)C)nc1N(C)CCN(C)C. The molecule has 0 spiro atoms. The first-order valence-corrected chi connectivity index (χ1v) is 13.5. The second-order valence-corrected chi connectivity index (χ2v) is 10.6. The summed E-state index contributed by atoms with van der Waals surface area (Å²) in [6.07, 6.45) is 3.19. The van der Waals surface area contributed by atoms with E-state index in [1.54, 1.807) is 6.20 Å². The van der Waals surface area contributed by atoms with Crippen molar-refractivity contribution in [2.24, 2.45) is 0 Å². The van der Waals surface area contributed by atoms with Gasteiger partial charge in [-0.2, -0.15) is 4.98 Å². The summed E-state index contributed by atoms with van der Waals surface area (Å²) in [6, 6.07) is 11.8. The van der Waals surface area contributed by atoms with Crippen molar-refractivity contribution in [2.75, 3.05) is 63.4 Å². The van der Waals surface area contributed by atoms with E-state index in [0.717, 1.165) is 28.8 Å². The third kappa shape index (κ3) is 6.98. The standard InChI is InChI=1S/C30H39N9O2/c1-9-27(40)32-23-18-21(30(41-20(2)3)34-29(23)38(8)17-16-36(4)5)19-25-31-15-14-26(33-25)39-24-13-11-10-12-22(24)28(35-39)37(6)7/h9-15,18,20H,1,16-17,19H2,2-8H3,(H,32,40). The molecule has 4 aromatic rings. The largest absolute Gasteiger partial charge is 0.475 e. The van der Waals surface area contributed by atoms with Crippen molar-refractivity contribution < 1.29 is 9.53 Å². The summed E-state index contributed by atoms with van der Waals surface area (Å²) in [7, 11) is 9.91. The normalized spacial score (nSPS) is 11.2. The highest BCUT2D eigenvalue weighted by atomic mass is 16.5. The number of anilines is 3. The van der Waals surface area contributed by atoms with Crippen molar-refractivity contribution in [1.82, 2.24) is 29.6 Å². The van der Waals surface area contributed by atoms with Gasteiger partial charge in [0, 0.05) is 63.9 Å². The Morgan fingerprint density at radius 3 is 2.51 bits per heavy atom. The summed E-state index contributed by atoms with van der Waals surface area (Å²) in [5, 5.41) is 8.78. The summed E-state index contributed by atoms with van der Waals surface area (Å²) >= 11 is 0. The highest BCUT2D eigenvalue weighted by Crippen LogP contribution is 2.32. The number of fused-ring (bicyclic) bond motifs is 1. The third-order valence-electron chi connectivity index (χ3n) is 6.32. The van der Waals surface area contributed by atoms with Crippen LogP contribution in [0.25, 0.3) is 16.7 Å². The van der Waals surface area contributed by atoms with E-state index in [9.17, 15) is 4.79 Å². The van der Waals surface area contributed by atoms with E-state index in [4.69, 9.17) is 19.8 Å². The number of rotatable bonds is 12. The van der Waals surface area contributed by atoms with Crippen LogP contribution in [-0.2, 0) is 11.2 Å². The molecule has 1 N–H and O–H groups in total. The molecule has 1 aromatic carbocycles. The average molecular weight is 558 g/mol. The highest BCUT2D eigenvalue weighted by molar-refractivity contribution is 6.01. The molecule has 3 heterocycles. The first kappa shape index (κ1) is 29.5. The topological polar surface area (TPSA) is 105 Å². The van der Waals surface area contributed by atoms with Crippen molar-refractivity contribution in [3.63, 3.8) is 0 Å². The molecule has 0 saturated carbocycles. The number of nitrogens with zero attached hydrogens (tertiary/aromatic N) is 8. The fourth-order valence-corrected chi connectivity index (χ4v) is 4.32. The number of hydrogen-bond donors (Lipinski definition) is 1. The lowest BCUT2D eigenvalue weighted by Crippen LogP contribution is -2.30. The number of hydrogen-bond acceptors (Lipinski definition) is 9. The smallest absolute Gasteiger partial charge is 0.247 e. The van der Waals surface area contributed by atoms with E-state index in [1.165, 1.54) is 6.08 Å². The van der Waals surface area contributed by atoms with Crippen LogP contribution in [0.4, 0.5) is 17.3 Å². The first-order valence-electron chi connectivity index (χ1n) is 13.5. The molecular weight excluding hydrogens is 518 g/mol. The van der Waals surface area contributed by atoms with Gasteiger partial charge in [-0.05, 0) is 52.2 Å². The summed E-state index contributed by atoms with van der Waals surface area (Å²) < 4.78 is 7.99. The number of benzene rings is 1. The molecule has 1 amide bonds. The van der Waals surface area contributed by atoms with Gasteiger partial charge in [0.15, 0.2) is 17.5 Å². The number of aromatic nitrogens is 5. The Bertz CT molecular complexity index is 1530. The van der Waals surface area contributed by atoms with Crippen molar-refractivity contribution in [1.29, 1.82) is 0 Å². The zero-order valence-corrected chi connectivity index (χ0v) is 24.9. The highest BCUT2D eigenvalue weighted by Gasteiger charge is 2.20. The van der Waals surface area contributed by atoms with Crippen LogP contribution < -0.4 is 19.9 Å². The predicted molar refractivity (Wildman–Crippen MR) is 164 cm³/mol. The van der Waals surface area contributed by atoms with Crippen LogP contribution in [-0.4, -0.2) is 90.0 Å². The van der Waals surface area contributed by atoms with Gasteiger partial charge in [0.25, 0.3) is 0 Å². The Morgan fingerprint density at radius 2 is 1.83 bits per heavy atom. The van der Waals surface area contributed by atoms with Gasteiger partial charge in [-0.1, -0.05) is 18.7 Å². The molecular formula is C30H39N9O2. The van der Waals surface area contributed by atoms with Crippen LogP contribution in [0.15, 0.2) is 55.3 Å². The molecule has 0 aliphatic carbocycles. The summed E-state index contributed by atoms with van der Waals surface area (Å²) in [5.41, 5.74) is 2.26. The molecule has 0 aliphatic rings. The van der Waals surface area contributed by atoms with Gasteiger partial charge in [-0.3, -0.25) is 4.79 Å². The number of amides is 1. The van der Waals surface area contributed by atoms with Crippen LogP contribution in [0, 0.1) is 0 Å². The average Bonchev–Trinajstić information content (AvgIpc) is 3.33. The molecule has 0 atom stereocenters. The lowest BCUT2D eigenvalue weighted by molar-refractivity contribution is -0.111. The van der Waals surface area contributed by atoms with Crippen LogP contribution in [0.1, 0.15) is 25.2 Å². The lowest BCUT2D eigenvalue weighted by atomic mass is 10.1. The Morgan fingerprint density at radius 1 is 1.07 bits per heavy atom. The summed E-state index contributed by atoms with van der Waals surface area (Å²) in [4.78, 5) is 32.7. The van der Waals surface area contributed by atoms with Crippen LogP contribution >= 0.6 is 0 Å². The van der Waals surface area contributed by atoms with Crippen LogP contribution in [0.2, 0.25) is 0 Å². The zero-order chi connectivity index (χ0) is 29.7. The molecule has 0 aliphatic heterocycles. The number of para-hydroxylation sites is 1. The number of pyridine rings is 1. The van der Waals surface area contributed by atoms with E-state index in [2.05, 4.69) is 21.8 Å². The Hall–Kier alpha value is -4.51. The van der Waals surface area contributed by atoms with Crippen molar-refractivity contribution in [3.05, 3.63) is 66.6 Å². The quantitative estimate of drug-likeness (QED) is 0.261. The van der Waals surface area contributed by atoms with E-state index in [1.807, 2.05) is 100.0 Å². The van der Waals surface area contributed by atoms with E-state index in [0.29, 0.717) is 42.0 Å². The molecule has 41 heavy (non-hydrogen) atoms. The van der Waals surface area contributed by atoms with E-state index in [-0.39, 0.29) is 12.0 Å². The van der Waals surface area contributed by atoms with Gasteiger partial charge < -0.3 is 24.8 Å². The van der Waals surface area contributed by atoms with Crippen molar-refractivity contribution in [2.45, 2.75) is 26.4 Å². The second-order valence-electron chi connectivity index (χ2n) is 10.6. The fraction of sp³-hybridized carbons (Fsp3) is 0.367. The maximum atomic E-state index is 12.4. The molecule has 0 radical (unpaired) electrons. The number of carbonyl (C=O) groups excluding carboxylic acids is 1. The van der Waals surface area contributed by atoms with E-state index < -0.39 is 0 Å². The molecule has 3 aromatic heterocycles. The Balaban J connectivity index is 1.76. The van der Waals surface area contributed by atoms with Gasteiger partial charge in [0.1, 0.15) is 5.82 Å². The minimum atomic E-state index is -0.321. The van der Waals surface area contributed by atoms with Crippen molar-refractivity contribution in [3.8, 4) is 11.7 Å². The molecule has 4 rings (SSSR count). The Labute approximate surface area is 241 Å². The van der Waals surface area contributed by atoms with Gasteiger partial charge in [0.05, 0.1) is 17.3 Å². The molecule has 216 valence electrons. The minimum Gasteiger partial charge on any atom is -0.475 e. The third-order valence-corrected chi connectivity index (χ3v) is 6.32. The second kappa shape index (κ2) is 12.8. The van der Waals surface area contributed by atoms with Gasteiger partial charge in [-0.15, -0.1) is 5.10 Å². The number of likely N-dealkylation sites (N-methyl/N-ethyl adjacent to an activating group) is 2. The first-order chi connectivity index (χ1) is 19.6. The molecule has 11 nitrogen and oxygen atoms in total. The fourth-order valence-electron chi connectivity index (χ4n) is 4.32. The molecule has 0 fully saturated rings.